The van der Waals surface area contributed by atoms with Crippen LogP contribution in [0.25, 0.3) is 0 Å². The molecule has 0 aliphatic heterocycles. The molecule has 0 aliphatic carbocycles. The number of nitrogens with zero attached hydrogens (tertiary/aromatic N) is 2. The number of ether oxygens (including phenoxy) is 1. The van der Waals surface area contributed by atoms with Crippen molar-refractivity contribution in [2.45, 2.75) is 53.0 Å². The van der Waals surface area contributed by atoms with Gasteiger partial charge >= 0.3 is 0 Å². The van der Waals surface area contributed by atoms with Crippen LogP contribution in [0.4, 0.5) is 5.95 Å². The molecule has 1 N–H and O–H groups in total. The molecule has 0 fully saturated rings. The Morgan fingerprint density at radius 2 is 2.11 bits per heavy atom. The summed E-state index contributed by atoms with van der Waals surface area (Å²) in [5.74, 6) is 1.00. The fourth-order valence-electron chi connectivity index (χ4n) is 1.91. The lowest BCUT2D eigenvalue weighted by Gasteiger charge is -2.09. The summed E-state index contributed by atoms with van der Waals surface area (Å²) >= 11 is 0. The Bertz CT molecular complexity index is 323. The number of rotatable bonds is 10. The van der Waals surface area contributed by atoms with Crippen molar-refractivity contribution in [2.24, 2.45) is 0 Å². The lowest BCUT2D eigenvalue weighted by molar-refractivity contribution is 0.147. The first-order valence-electron chi connectivity index (χ1n) is 7.13. The van der Waals surface area contributed by atoms with Crippen molar-refractivity contribution >= 4 is 5.95 Å². The van der Waals surface area contributed by atoms with Gasteiger partial charge in [0.15, 0.2) is 0 Å². The third-order valence-electron chi connectivity index (χ3n) is 2.85. The molecule has 0 aliphatic rings. The molecule has 0 atom stereocenters. The zero-order valence-electron chi connectivity index (χ0n) is 12.0. The second-order valence-electron chi connectivity index (χ2n) is 4.58. The number of aryl methyl sites for hydroxylation is 2. The second-order valence-corrected chi connectivity index (χ2v) is 4.58. The molecule has 0 saturated carbocycles. The summed E-state index contributed by atoms with van der Waals surface area (Å²) in [5, 5.41) is 3.39. The zero-order chi connectivity index (χ0) is 13.2. The molecule has 0 unspecified atom stereocenters. The molecule has 18 heavy (non-hydrogen) atoms. The van der Waals surface area contributed by atoms with Gasteiger partial charge in [-0.05, 0) is 26.7 Å². The van der Waals surface area contributed by atoms with Crippen molar-refractivity contribution in [2.75, 3.05) is 25.1 Å². The van der Waals surface area contributed by atoms with Crippen LogP contribution in [-0.4, -0.2) is 29.3 Å². The smallest absolute Gasteiger partial charge is 0.203 e. The quantitative estimate of drug-likeness (QED) is 0.651. The summed E-state index contributed by atoms with van der Waals surface area (Å²) in [6.45, 7) is 9.89. The van der Waals surface area contributed by atoms with Crippen LogP contribution in [0.2, 0.25) is 0 Å². The van der Waals surface area contributed by atoms with Gasteiger partial charge in [0.25, 0.3) is 0 Å². The molecule has 1 aromatic heterocycles. The molecular weight excluding hydrogens is 226 g/mol. The average molecular weight is 253 g/mol. The van der Waals surface area contributed by atoms with Crippen LogP contribution in [0.5, 0.6) is 0 Å². The van der Waals surface area contributed by atoms with E-state index >= 15 is 0 Å². The fourth-order valence-corrected chi connectivity index (χ4v) is 1.91. The minimum atomic E-state index is 0.796. The number of aromatic nitrogens is 2. The van der Waals surface area contributed by atoms with Gasteiger partial charge in [-0.1, -0.05) is 19.8 Å². The largest absolute Gasteiger partial charge is 0.382 e. The van der Waals surface area contributed by atoms with Crippen LogP contribution in [0.15, 0.2) is 6.20 Å². The van der Waals surface area contributed by atoms with Gasteiger partial charge in [-0.2, -0.15) is 0 Å². The van der Waals surface area contributed by atoms with Crippen molar-refractivity contribution in [1.82, 2.24) is 9.55 Å². The van der Waals surface area contributed by atoms with E-state index in [1.807, 2.05) is 13.8 Å². The van der Waals surface area contributed by atoms with E-state index in [0.29, 0.717) is 0 Å². The maximum atomic E-state index is 5.32. The number of imidazole rings is 1. The Morgan fingerprint density at radius 1 is 1.28 bits per heavy atom. The monoisotopic (exact) mass is 253 g/mol. The van der Waals surface area contributed by atoms with Gasteiger partial charge < -0.3 is 14.6 Å². The van der Waals surface area contributed by atoms with Gasteiger partial charge in [0.2, 0.25) is 5.95 Å². The van der Waals surface area contributed by atoms with Crippen molar-refractivity contribution in [3.05, 3.63) is 11.9 Å². The van der Waals surface area contributed by atoms with Crippen LogP contribution < -0.4 is 5.32 Å². The maximum Gasteiger partial charge on any atom is 0.203 e. The van der Waals surface area contributed by atoms with Gasteiger partial charge in [-0.3, -0.25) is 0 Å². The Balaban J connectivity index is 2.33. The molecule has 1 rings (SSSR count). The Kier molecular flexibility index (Phi) is 7.49. The summed E-state index contributed by atoms with van der Waals surface area (Å²) in [7, 11) is 0. The van der Waals surface area contributed by atoms with E-state index in [2.05, 4.69) is 28.0 Å². The predicted octanol–water partition coefficient (Wildman–Crippen LogP) is 3.22. The Labute approximate surface area is 111 Å². The first-order valence-corrected chi connectivity index (χ1v) is 7.13. The number of unbranched alkanes of at least 4 members (excludes halogenated alkanes) is 2. The highest BCUT2D eigenvalue weighted by molar-refractivity contribution is 5.28. The van der Waals surface area contributed by atoms with Gasteiger partial charge in [0.05, 0.1) is 5.69 Å². The van der Waals surface area contributed by atoms with E-state index in [1.165, 1.54) is 19.3 Å². The SMILES string of the molecule is CCCCCn1cc(C)nc1NCCCOCC. The highest BCUT2D eigenvalue weighted by Gasteiger charge is 2.04. The summed E-state index contributed by atoms with van der Waals surface area (Å²) < 4.78 is 7.55. The number of hydrogen-bond acceptors (Lipinski definition) is 3. The molecule has 1 heterocycles. The summed E-state index contributed by atoms with van der Waals surface area (Å²) in [6, 6.07) is 0. The molecule has 4 nitrogen and oxygen atoms in total. The van der Waals surface area contributed by atoms with Gasteiger partial charge in [0.1, 0.15) is 0 Å². The van der Waals surface area contributed by atoms with E-state index in [1.54, 1.807) is 0 Å². The minimum Gasteiger partial charge on any atom is -0.382 e. The normalized spacial score (nSPS) is 10.8. The third kappa shape index (κ3) is 5.54. The number of hydrogen-bond donors (Lipinski definition) is 1. The van der Waals surface area contributed by atoms with Gasteiger partial charge in [-0.15, -0.1) is 0 Å². The van der Waals surface area contributed by atoms with Crippen molar-refractivity contribution in [1.29, 1.82) is 0 Å². The van der Waals surface area contributed by atoms with Gasteiger partial charge in [0, 0.05) is 32.5 Å². The zero-order valence-corrected chi connectivity index (χ0v) is 12.0. The van der Waals surface area contributed by atoms with Crippen molar-refractivity contribution in [3.63, 3.8) is 0 Å². The molecule has 4 heteroatoms. The van der Waals surface area contributed by atoms with E-state index in [-0.39, 0.29) is 0 Å². The first kappa shape index (κ1) is 15.0. The Morgan fingerprint density at radius 3 is 2.83 bits per heavy atom. The predicted molar refractivity (Wildman–Crippen MR) is 76.1 cm³/mol. The maximum absolute atomic E-state index is 5.32. The molecule has 0 bridgehead atoms. The van der Waals surface area contributed by atoms with E-state index in [0.717, 1.165) is 44.4 Å². The van der Waals surface area contributed by atoms with E-state index in [4.69, 9.17) is 4.74 Å². The highest BCUT2D eigenvalue weighted by atomic mass is 16.5. The Hall–Kier alpha value is -1.03. The van der Waals surface area contributed by atoms with Crippen LogP contribution in [0, 0.1) is 6.92 Å². The van der Waals surface area contributed by atoms with Crippen molar-refractivity contribution in [3.8, 4) is 0 Å². The van der Waals surface area contributed by atoms with Gasteiger partial charge in [-0.25, -0.2) is 4.98 Å². The molecule has 0 radical (unpaired) electrons. The van der Waals surface area contributed by atoms with Crippen LogP contribution >= 0.6 is 0 Å². The molecule has 0 spiro atoms. The van der Waals surface area contributed by atoms with Crippen LogP contribution in [0.3, 0.4) is 0 Å². The fraction of sp³-hybridized carbons (Fsp3) is 0.786. The lowest BCUT2D eigenvalue weighted by Crippen LogP contribution is -2.10. The molecule has 0 amide bonds. The minimum absolute atomic E-state index is 0.796. The third-order valence-corrected chi connectivity index (χ3v) is 2.85. The lowest BCUT2D eigenvalue weighted by atomic mass is 10.2. The standard InChI is InChI=1S/C14H27N3O/c1-4-6-7-10-17-12-13(3)16-14(17)15-9-8-11-18-5-2/h12H,4-11H2,1-3H3,(H,15,16). The topological polar surface area (TPSA) is 39.1 Å². The summed E-state index contributed by atoms with van der Waals surface area (Å²) in [5.41, 5.74) is 1.08. The summed E-state index contributed by atoms with van der Waals surface area (Å²) in [6.07, 6.45) is 6.90. The van der Waals surface area contributed by atoms with Crippen LogP contribution in [-0.2, 0) is 11.3 Å². The number of nitrogens with one attached hydrogen (secondary N) is 1. The molecule has 0 saturated heterocycles. The summed E-state index contributed by atoms with van der Waals surface area (Å²) in [4.78, 5) is 4.52. The molecule has 104 valence electrons. The molecule has 0 aromatic carbocycles. The average Bonchev–Trinajstić information content (AvgIpc) is 2.70. The van der Waals surface area contributed by atoms with Crippen LogP contribution in [0.1, 0.15) is 45.2 Å². The molecule has 1 aromatic rings. The van der Waals surface area contributed by atoms with E-state index in [9.17, 15) is 0 Å². The highest BCUT2D eigenvalue weighted by Crippen LogP contribution is 2.10. The van der Waals surface area contributed by atoms with E-state index < -0.39 is 0 Å². The first-order chi connectivity index (χ1) is 8.77. The van der Waals surface area contributed by atoms with Crippen molar-refractivity contribution < 1.29 is 4.74 Å². The number of anilines is 1. The molecular formula is C14H27N3O. The second kappa shape index (κ2) is 8.97.